The van der Waals surface area contributed by atoms with Gasteiger partial charge in [-0.05, 0) is 46.3 Å². The Morgan fingerprint density at radius 1 is 1.26 bits per heavy atom. The van der Waals surface area contributed by atoms with E-state index in [9.17, 15) is 4.79 Å². The Balaban J connectivity index is 2.17. The Morgan fingerprint density at radius 2 is 2.05 bits per heavy atom. The topological polar surface area (TPSA) is 39.2 Å². The predicted molar refractivity (Wildman–Crippen MR) is 80.8 cm³/mol. The largest absolute Gasteiger partial charge is 0.455 e. The van der Waals surface area contributed by atoms with Crippen LogP contribution in [0.5, 0.6) is 11.5 Å². The number of halogens is 2. The summed E-state index contributed by atoms with van der Waals surface area (Å²) in [6.07, 6.45) is 2.00. The van der Waals surface area contributed by atoms with Crippen LogP contribution in [0.2, 0.25) is 0 Å². The Hall–Kier alpha value is -1.20. The van der Waals surface area contributed by atoms with E-state index in [2.05, 4.69) is 36.8 Å². The summed E-state index contributed by atoms with van der Waals surface area (Å²) in [5, 5.41) is 0. The summed E-state index contributed by atoms with van der Waals surface area (Å²) in [7, 11) is 0. The zero-order valence-electron chi connectivity index (χ0n) is 10.2. The maximum atomic E-state index is 11.5. The Bertz CT molecular complexity index is 597. The third-order valence-electron chi connectivity index (χ3n) is 2.46. The molecule has 0 radical (unpaired) electrons. The van der Waals surface area contributed by atoms with Crippen LogP contribution < -0.4 is 4.74 Å². The molecule has 0 unspecified atom stereocenters. The van der Waals surface area contributed by atoms with E-state index in [1.165, 1.54) is 0 Å². The van der Waals surface area contributed by atoms with Gasteiger partial charge in [0.05, 0.1) is 10.7 Å². The number of nitrogens with zero attached hydrogens (tertiary/aromatic N) is 1. The summed E-state index contributed by atoms with van der Waals surface area (Å²) in [4.78, 5) is 15.6. The van der Waals surface area contributed by atoms with Crippen molar-refractivity contribution in [3.63, 3.8) is 0 Å². The highest BCUT2D eigenvalue weighted by atomic mass is 79.9. The van der Waals surface area contributed by atoms with Crippen LogP contribution >= 0.6 is 31.9 Å². The molecule has 0 spiro atoms. The highest BCUT2D eigenvalue weighted by Gasteiger charge is 2.07. The van der Waals surface area contributed by atoms with E-state index >= 15 is 0 Å². The number of benzene rings is 1. The van der Waals surface area contributed by atoms with Crippen molar-refractivity contribution in [3.05, 3.63) is 51.2 Å². The van der Waals surface area contributed by atoms with Crippen molar-refractivity contribution in [2.45, 2.75) is 13.3 Å². The first-order valence-electron chi connectivity index (χ1n) is 5.72. The maximum Gasteiger partial charge on any atom is 0.180 e. The third-order valence-corrected chi connectivity index (χ3v) is 3.58. The van der Waals surface area contributed by atoms with Crippen molar-refractivity contribution >= 4 is 37.6 Å². The molecule has 19 heavy (non-hydrogen) atoms. The highest BCUT2D eigenvalue weighted by molar-refractivity contribution is 9.11. The molecule has 3 nitrogen and oxygen atoms in total. The lowest BCUT2D eigenvalue weighted by Gasteiger charge is -2.08. The molecule has 0 aliphatic heterocycles. The van der Waals surface area contributed by atoms with E-state index in [1.54, 1.807) is 18.3 Å². The summed E-state index contributed by atoms with van der Waals surface area (Å²) < 4.78 is 7.50. The quantitative estimate of drug-likeness (QED) is 0.697. The lowest BCUT2D eigenvalue weighted by molar-refractivity contribution is 0.0983. The van der Waals surface area contributed by atoms with E-state index in [0.717, 1.165) is 8.95 Å². The van der Waals surface area contributed by atoms with Gasteiger partial charge in [0.15, 0.2) is 5.78 Å². The third kappa shape index (κ3) is 3.64. The van der Waals surface area contributed by atoms with Crippen molar-refractivity contribution < 1.29 is 9.53 Å². The van der Waals surface area contributed by atoms with Crippen molar-refractivity contribution in [2.75, 3.05) is 0 Å². The molecule has 2 rings (SSSR count). The molecule has 98 valence electrons. The zero-order valence-corrected chi connectivity index (χ0v) is 13.4. The van der Waals surface area contributed by atoms with Crippen molar-refractivity contribution in [2.24, 2.45) is 0 Å². The van der Waals surface area contributed by atoms with Crippen LogP contribution in [0.25, 0.3) is 0 Å². The van der Waals surface area contributed by atoms with Gasteiger partial charge in [0.2, 0.25) is 0 Å². The molecule has 0 aliphatic rings. The average Bonchev–Trinajstić information content (AvgIpc) is 2.42. The Labute approximate surface area is 128 Å². The lowest BCUT2D eigenvalue weighted by Crippen LogP contribution is -1.99. The van der Waals surface area contributed by atoms with E-state index in [1.807, 2.05) is 25.1 Å². The van der Waals surface area contributed by atoms with Crippen molar-refractivity contribution in [1.29, 1.82) is 0 Å². The molecule has 1 aromatic heterocycles. The first-order chi connectivity index (χ1) is 9.10. The van der Waals surface area contributed by atoms with Gasteiger partial charge in [0.25, 0.3) is 0 Å². The standard InChI is InChI=1S/C14H11Br2NO2/c1-2-13(18)12-5-4-10(8-17-12)19-14-6-3-9(15)7-11(14)16/h3-8H,2H2,1H3. The SMILES string of the molecule is CCC(=O)c1ccc(Oc2ccc(Br)cc2Br)cn1. The fourth-order valence-corrected chi connectivity index (χ4v) is 2.60. The van der Waals surface area contributed by atoms with Gasteiger partial charge in [-0.15, -0.1) is 0 Å². The van der Waals surface area contributed by atoms with Crippen LogP contribution in [0.3, 0.4) is 0 Å². The summed E-state index contributed by atoms with van der Waals surface area (Å²) in [6, 6.07) is 9.05. The number of pyridine rings is 1. The lowest BCUT2D eigenvalue weighted by atomic mass is 10.2. The summed E-state index contributed by atoms with van der Waals surface area (Å²) >= 11 is 6.80. The summed E-state index contributed by atoms with van der Waals surface area (Å²) in [5.74, 6) is 1.31. The monoisotopic (exact) mass is 383 g/mol. The summed E-state index contributed by atoms with van der Waals surface area (Å²) in [5.41, 5.74) is 0.463. The first-order valence-corrected chi connectivity index (χ1v) is 7.31. The average molecular weight is 385 g/mol. The van der Waals surface area contributed by atoms with Crippen LogP contribution in [0.4, 0.5) is 0 Å². The molecule has 0 aliphatic carbocycles. The number of rotatable bonds is 4. The molecule has 0 N–H and O–H groups in total. The fraction of sp³-hybridized carbons (Fsp3) is 0.143. The molecular formula is C14H11Br2NO2. The predicted octanol–water partition coefficient (Wildman–Crippen LogP) is 4.99. The molecule has 0 saturated heterocycles. The number of ketones is 1. The molecular weight excluding hydrogens is 374 g/mol. The van der Waals surface area contributed by atoms with Gasteiger partial charge < -0.3 is 4.74 Å². The normalized spacial score (nSPS) is 10.3. The highest BCUT2D eigenvalue weighted by Crippen LogP contribution is 2.31. The van der Waals surface area contributed by atoms with E-state index < -0.39 is 0 Å². The van der Waals surface area contributed by atoms with Gasteiger partial charge in [-0.25, -0.2) is 4.98 Å². The molecule has 2 aromatic rings. The molecule has 0 fully saturated rings. The maximum absolute atomic E-state index is 11.5. The molecule has 1 aromatic carbocycles. The number of aromatic nitrogens is 1. The minimum atomic E-state index is 0.0244. The second-order valence-corrected chi connectivity index (χ2v) is 5.60. The molecule has 0 amide bonds. The fourth-order valence-electron chi connectivity index (χ4n) is 1.47. The van der Waals surface area contributed by atoms with Gasteiger partial charge in [-0.3, -0.25) is 4.79 Å². The van der Waals surface area contributed by atoms with Crippen LogP contribution in [-0.4, -0.2) is 10.8 Å². The van der Waals surface area contributed by atoms with Gasteiger partial charge in [-0.1, -0.05) is 22.9 Å². The number of carbonyl (C=O) groups excluding carboxylic acids is 1. The molecule has 0 atom stereocenters. The smallest absolute Gasteiger partial charge is 0.180 e. The van der Waals surface area contributed by atoms with Crippen LogP contribution in [0, 0.1) is 0 Å². The molecule has 0 saturated carbocycles. The second kappa shape index (κ2) is 6.30. The number of Topliss-reactive ketones (excluding diaryl/α,β-unsaturated/α-hetero) is 1. The number of hydrogen-bond acceptors (Lipinski definition) is 3. The number of ether oxygens (including phenoxy) is 1. The number of hydrogen-bond donors (Lipinski definition) is 0. The Morgan fingerprint density at radius 3 is 2.63 bits per heavy atom. The van der Waals surface area contributed by atoms with Crippen molar-refractivity contribution in [1.82, 2.24) is 4.98 Å². The molecule has 0 bridgehead atoms. The van der Waals surface area contributed by atoms with Crippen LogP contribution in [0.15, 0.2) is 45.5 Å². The van der Waals surface area contributed by atoms with Crippen LogP contribution in [-0.2, 0) is 0 Å². The van der Waals surface area contributed by atoms with E-state index in [4.69, 9.17) is 4.74 Å². The second-order valence-electron chi connectivity index (χ2n) is 3.83. The minimum Gasteiger partial charge on any atom is -0.455 e. The van der Waals surface area contributed by atoms with E-state index in [-0.39, 0.29) is 5.78 Å². The Kier molecular flexibility index (Phi) is 4.71. The zero-order chi connectivity index (χ0) is 13.8. The van der Waals surface area contributed by atoms with E-state index in [0.29, 0.717) is 23.6 Å². The van der Waals surface area contributed by atoms with Gasteiger partial charge in [0, 0.05) is 10.9 Å². The molecule has 5 heteroatoms. The molecule has 1 heterocycles. The van der Waals surface area contributed by atoms with Crippen molar-refractivity contribution in [3.8, 4) is 11.5 Å². The minimum absolute atomic E-state index is 0.0244. The summed E-state index contributed by atoms with van der Waals surface area (Å²) in [6.45, 7) is 1.81. The van der Waals surface area contributed by atoms with Crippen LogP contribution in [0.1, 0.15) is 23.8 Å². The first kappa shape index (κ1) is 14.2. The van der Waals surface area contributed by atoms with Gasteiger partial charge >= 0.3 is 0 Å². The van der Waals surface area contributed by atoms with Gasteiger partial charge in [0.1, 0.15) is 17.2 Å². The van der Waals surface area contributed by atoms with Gasteiger partial charge in [-0.2, -0.15) is 0 Å². The number of carbonyl (C=O) groups is 1.